The third-order valence-corrected chi connectivity index (χ3v) is 5.11. The Morgan fingerprint density at radius 1 is 0.870 bits per heavy atom. The molecule has 0 aromatic rings. The Balaban J connectivity index is 4.25. The van der Waals surface area contributed by atoms with Crippen LogP contribution in [-0.4, -0.2) is 30.3 Å². The molecule has 23 heavy (non-hydrogen) atoms. The summed E-state index contributed by atoms with van der Waals surface area (Å²) in [4.78, 5) is 23.4. The Kier molecular flexibility index (Phi) is 12.9. The number of carbonyl (C=O) groups is 2. The van der Waals surface area contributed by atoms with E-state index in [-0.39, 0.29) is 33.2 Å². The highest BCUT2D eigenvalue weighted by Gasteiger charge is 2.31. The van der Waals surface area contributed by atoms with Gasteiger partial charge in [0.05, 0.1) is 18.4 Å². The molecule has 0 radical (unpaired) electrons. The molecule has 0 heterocycles. The molecule has 0 saturated carbocycles. The molecule has 0 aliphatic carbocycles. The Labute approximate surface area is 141 Å². The van der Waals surface area contributed by atoms with Gasteiger partial charge in [-0.25, -0.2) is 0 Å². The quantitative estimate of drug-likeness (QED) is 0.260. The lowest BCUT2D eigenvalue weighted by atomic mass is 9.93. The van der Waals surface area contributed by atoms with Crippen molar-refractivity contribution in [2.75, 3.05) is 13.2 Å². The van der Waals surface area contributed by atoms with Crippen molar-refractivity contribution in [1.82, 2.24) is 0 Å². The van der Waals surface area contributed by atoms with E-state index in [4.69, 9.17) is 9.47 Å². The van der Waals surface area contributed by atoms with Gasteiger partial charge in [0, 0.05) is 12.8 Å². The van der Waals surface area contributed by atoms with Crippen LogP contribution in [0.1, 0.15) is 78.6 Å². The maximum Gasteiger partial charge on any atom is 0.305 e. The van der Waals surface area contributed by atoms with Crippen molar-refractivity contribution in [3.8, 4) is 0 Å². The van der Waals surface area contributed by atoms with E-state index in [1.54, 1.807) is 0 Å². The summed E-state index contributed by atoms with van der Waals surface area (Å²) in [6.45, 7) is 6.87. The van der Waals surface area contributed by atoms with Crippen LogP contribution in [0.4, 0.5) is 0 Å². The van der Waals surface area contributed by atoms with Crippen molar-refractivity contribution in [1.29, 1.82) is 0 Å². The fourth-order valence-corrected chi connectivity index (χ4v) is 2.64. The molecule has 0 spiro atoms. The largest absolute Gasteiger partial charge is 0.466 e. The van der Waals surface area contributed by atoms with Crippen molar-refractivity contribution in [3.05, 3.63) is 0 Å². The van der Waals surface area contributed by atoms with E-state index in [9.17, 15) is 14.2 Å². The molecule has 5 nitrogen and oxygen atoms in total. The first-order valence-corrected chi connectivity index (χ1v) is 9.50. The van der Waals surface area contributed by atoms with E-state index in [1.165, 1.54) is 0 Å². The maximum absolute atomic E-state index is 11.7. The normalized spacial score (nSPS) is 11.4. The molecule has 0 bridgehead atoms. The van der Waals surface area contributed by atoms with Crippen LogP contribution in [-0.2, 0) is 23.6 Å². The number of rotatable bonds is 14. The molecule has 134 valence electrons. The average molecular weight is 346 g/mol. The molecule has 0 aromatic heterocycles. The molecular formula is C17H31O5P. The van der Waals surface area contributed by atoms with Crippen LogP contribution in [0.25, 0.3) is 0 Å². The van der Waals surface area contributed by atoms with Crippen LogP contribution in [0.5, 0.6) is 0 Å². The first-order chi connectivity index (χ1) is 11.0. The number of unbranched alkanes of at least 4 members (excludes halogenated alkanes) is 2. The van der Waals surface area contributed by atoms with Crippen LogP contribution < -0.4 is 0 Å². The fourth-order valence-electron chi connectivity index (χ4n) is 2.11. The average Bonchev–Trinajstić information content (AvgIpc) is 2.56. The second-order valence-corrected chi connectivity index (χ2v) is 6.95. The number of hydrogen-bond acceptors (Lipinski definition) is 5. The molecule has 0 aliphatic heterocycles. The summed E-state index contributed by atoms with van der Waals surface area (Å²) in [6, 6.07) is 0. The Bertz CT molecular complexity index is 331. The molecule has 0 unspecified atom stereocenters. The molecule has 0 amide bonds. The van der Waals surface area contributed by atoms with Gasteiger partial charge in [-0.15, -0.1) is 0 Å². The molecule has 0 saturated heterocycles. The van der Waals surface area contributed by atoms with Crippen LogP contribution in [0.2, 0.25) is 0 Å². The third-order valence-electron chi connectivity index (χ3n) is 3.96. The monoisotopic (exact) mass is 346 g/mol. The predicted octanol–water partition coefficient (Wildman–Crippen LogP) is 4.67. The van der Waals surface area contributed by atoms with Crippen LogP contribution in [0.15, 0.2) is 0 Å². The summed E-state index contributed by atoms with van der Waals surface area (Å²) in [6.07, 6.45) is 5.69. The first-order valence-electron chi connectivity index (χ1n) is 8.69. The highest BCUT2D eigenvalue weighted by molar-refractivity contribution is 7.26. The van der Waals surface area contributed by atoms with E-state index in [1.807, 2.05) is 20.8 Å². The van der Waals surface area contributed by atoms with Gasteiger partial charge < -0.3 is 9.47 Å². The van der Waals surface area contributed by atoms with E-state index in [2.05, 4.69) is 0 Å². The van der Waals surface area contributed by atoms with Gasteiger partial charge in [0.25, 0.3) is 0 Å². The number of esters is 2. The molecule has 0 atom stereocenters. The number of hydrogen-bond donors (Lipinski definition) is 0. The smallest absolute Gasteiger partial charge is 0.305 e. The molecule has 0 rings (SSSR count). The van der Waals surface area contributed by atoms with Gasteiger partial charge in [-0.1, -0.05) is 33.6 Å². The molecule has 6 heteroatoms. The van der Waals surface area contributed by atoms with Gasteiger partial charge in [0.2, 0.25) is 0 Å². The van der Waals surface area contributed by atoms with Gasteiger partial charge >= 0.3 is 11.9 Å². The second-order valence-electron chi connectivity index (χ2n) is 5.82. The van der Waals surface area contributed by atoms with Crippen LogP contribution in [0.3, 0.4) is 0 Å². The van der Waals surface area contributed by atoms with Crippen molar-refractivity contribution < 1.29 is 23.6 Å². The Morgan fingerprint density at radius 2 is 1.30 bits per heavy atom. The fraction of sp³-hybridized carbons (Fsp3) is 0.882. The molecule has 0 fully saturated rings. The third kappa shape index (κ3) is 10.4. The second kappa shape index (κ2) is 13.5. The van der Waals surface area contributed by atoms with E-state index in [0.29, 0.717) is 32.5 Å². The number of ether oxygens (including phenoxy) is 2. The predicted molar refractivity (Wildman–Crippen MR) is 90.8 cm³/mol. The standard InChI is InChI=1S/C17H31O5P/c1-4-7-13-21-15(18)9-11-17(6-3,23-20)12-10-16(19)22-14-8-5-2/h4-14H2,1-3H3. The number of carbonyl (C=O) groups excluding carboxylic acids is 2. The zero-order valence-corrected chi connectivity index (χ0v) is 15.7. The lowest BCUT2D eigenvalue weighted by molar-refractivity contribution is -0.144. The molecule has 0 aromatic carbocycles. The minimum Gasteiger partial charge on any atom is -0.466 e. The highest BCUT2D eigenvalue weighted by atomic mass is 31.1. The summed E-state index contributed by atoms with van der Waals surface area (Å²) in [5.74, 6) is -0.518. The summed E-state index contributed by atoms with van der Waals surface area (Å²) >= 11 is 0. The minimum absolute atomic E-state index is 0.0250. The summed E-state index contributed by atoms with van der Waals surface area (Å²) in [5.41, 5.74) is 0. The summed E-state index contributed by atoms with van der Waals surface area (Å²) < 4.78 is 21.8. The van der Waals surface area contributed by atoms with E-state index in [0.717, 1.165) is 25.7 Å². The first kappa shape index (κ1) is 22.0. The van der Waals surface area contributed by atoms with E-state index >= 15 is 0 Å². The van der Waals surface area contributed by atoms with Gasteiger partial charge in [-0.3, -0.25) is 14.2 Å². The van der Waals surface area contributed by atoms with Crippen molar-refractivity contribution in [3.63, 3.8) is 0 Å². The van der Waals surface area contributed by atoms with Gasteiger partial charge in [0.15, 0.2) is 8.46 Å². The topological polar surface area (TPSA) is 69.7 Å². The zero-order chi connectivity index (χ0) is 17.6. The van der Waals surface area contributed by atoms with Crippen molar-refractivity contribution in [2.45, 2.75) is 83.7 Å². The Hall–Kier alpha value is -0.960. The van der Waals surface area contributed by atoms with Gasteiger partial charge in [0.1, 0.15) is 0 Å². The van der Waals surface area contributed by atoms with Gasteiger partial charge in [-0.05, 0) is 32.1 Å². The lowest BCUT2D eigenvalue weighted by Gasteiger charge is -2.24. The van der Waals surface area contributed by atoms with Crippen LogP contribution in [0, 0.1) is 0 Å². The summed E-state index contributed by atoms with van der Waals surface area (Å²) in [5, 5.41) is -0.548. The Morgan fingerprint density at radius 3 is 1.61 bits per heavy atom. The van der Waals surface area contributed by atoms with Crippen LogP contribution >= 0.6 is 8.46 Å². The van der Waals surface area contributed by atoms with E-state index < -0.39 is 5.16 Å². The maximum atomic E-state index is 11.7. The van der Waals surface area contributed by atoms with Crippen molar-refractivity contribution >= 4 is 20.4 Å². The zero-order valence-electron chi connectivity index (χ0n) is 14.8. The van der Waals surface area contributed by atoms with Crippen molar-refractivity contribution in [2.24, 2.45) is 0 Å². The molecular weight excluding hydrogens is 315 g/mol. The highest BCUT2D eigenvalue weighted by Crippen LogP contribution is 2.37. The molecule has 0 N–H and O–H groups in total. The molecule has 0 aliphatic rings. The minimum atomic E-state index is -0.548. The SMILES string of the molecule is CCCCOC(=O)CCC(CC)(CCC(=O)OCCCC)P=O. The summed E-state index contributed by atoms with van der Waals surface area (Å²) in [7, 11) is -0.0250. The van der Waals surface area contributed by atoms with Gasteiger partial charge in [-0.2, -0.15) is 0 Å². The lowest BCUT2D eigenvalue weighted by Crippen LogP contribution is -2.24.